The minimum Gasteiger partial charge on any atom is -0.494 e. The smallest absolute Gasteiger partial charge is 0.338 e. The summed E-state index contributed by atoms with van der Waals surface area (Å²) in [5, 5.41) is 2.70. The molecular weight excluding hydrogens is 512 g/mol. The van der Waals surface area contributed by atoms with E-state index in [9.17, 15) is 18.0 Å². The zero-order valence-electron chi connectivity index (χ0n) is 21.8. The lowest BCUT2D eigenvalue weighted by Crippen LogP contribution is -2.38. The molecule has 3 aromatic rings. The Morgan fingerprint density at radius 3 is 2.21 bits per heavy atom. The monoisotopic (exact) mass is 542 g/mol. The van der Waals surface area contributed by atoms with E-state index in [2.05, 4.69) is 5.32 Å². The van der Waals surface area contributed by atoms with E-state index in [4.69, 9.17) is 18.9 Å². The first-order valence-electron chi connectivity index (χ1n) is 11.6. The molecule has 0 aliphatic rings. The standard InChI is InChI=1S/C27H30N2O8S/c1-6-37-20-12-10-19(11-13-20)29(38(32,33)21-14-15-24(34-3)25(16-21)35-4)17-26(30)28-23-9-7-8-22(18(23)2)27(31)36-5/h7-16H,6,17H2,1-5H3,(H,28,30). The topological polar surface area (TPSA) is 120 Å². The highest BCUT2D eigenvalue weighted by Gasteiger charge is 2.29. The largest absolute Gasteiger partial charge is 0.494 e. The van der Waals surface area contributed by atoms with Crippen LogP contribution >= 0.6 is 0 Å². The number of methoxy groups -OCH3 is 3. The maximum atomic E-state index is 13.8. The fourth-order valence-corrected chi connectivity index (χ4v) is 5.15. The van der Waals surface area contributed by atoms with Crippen LogP contribution in [0.1, 0.15) is 22.8 Å². The van der Waals surface area contributed by atoms with Crippen molar-refractivity contribution in [1.29, 1.82) is 0 Å². The second-order valence-corrected chi connectivity index (χ2v) is 9.84. The number of sulfonamides is 1. The first-order valence-corrected chi connectivity index (χ1v) is 13.1. The summed E-state index contributed by atoms with van der Waals surface area (Å²) < 4.78 is 49.3. The first-order chi connectivity index (χ1) is 18.2. The molecule has 3 aromatic carbocycles. The van der Waals surface area contributed by atoms with Gasteiger partial charge in [0.15, 0.2) is 11.5 Å². The van der Waals surface area contributed by atoms with Crippen LogP contribution in [0.5, 0.6) is 17.2 Å². The highest BCUT2D eigenvalue weighted by molar-refractivity contribution is 7.92. The van der Waals surface area contributed by atoms with Crippen molar-refractivity contribution >= 4 is 33.3 Å². The number of hydrogen-bond acceptors (Lipinski definition) is 8. The predicted octanol–water partition coefficient (Wildman–Crippen LogP) is 4.03. The predicted molar refractivity (Wildman–Crippen MR) is 143 cm³/mol. The fourth-order valence-electron chi connectivity index (χ4n) is 3.72. The number of ether oxygens (including phenoxy) is 4. The maximum absolute atomic E-state index is 13.8. The normalized spacial score (nSPS) is 10.9. The minimum atomic E-state index is -4.24. The van der Waals surface area contributed by atoms with Crippen LogP contribution in [-0.2, 0) is 19.6 Å². The second-order valence-electron chi connectivity index (χ2n) is 7.97. The van der Waals surface area contributed by atoms with Crippen molar-refractivity contribution in [2.45, 2.75) is 18.7 Å². The van der Waals surface area contributed by atoms with Gasteiger partial charge in [-0.3, -0.25) is 9.10 Å². The Morgan fingerprint density at radius 1 is 0.921 bits per heavy atom. The minimum absolute atomic E-state index is 0.0966. The molecule has 0 fully saturated rings. The van der Waals surface area contributed by atoms with Crippen LogP contribution in [0.3, 0.4) is 0 Å². The van der Waals surface area contributed by atoms with E-state index >= 15 is 0 Å². The number of anilines is 2. The van der Waals surface area contributed by atoms with Crippen LogP contribution in [0, 0.1) is 6.92 Å². The van der Waals surface area contributed by atoms with E-state index in [0.29, 0.717) is 29.4 Å². The second kappa shape index (κ2) is 12.3. The summed E-state index contributed by atoms with van der Waals surface area (Å²) in [6, 6.07) is 15.3. The molecule has 11 heteroatoms. The number of hydrogen-bond donors (Lipinski definition) is 1. The molecular formula is C27H30N2O8S. The van der Waals surface area contributed by atoms with E-state index < -0.39 is 28.4 Å². The summed E-state index contributed by atoms with van der Waals surface area (Å²) in [7, 11) is -0.129. The Bertz CT molecular complexity index is 1410. The summed E-state index contributed by atoms with van der Waals surface area (Å²) in [5.74, 6) is -0.0317. The van der Waals surface area contributed by atoms with E-state index in [1.165, 1.54) is 39.5 Å². The molecule has 0 atom stereocenters. The van der Waals surface area contributed by atoms with Crippen LogP contribution in [0.4, 0.5) is 11.4 Å². The van der Waals surface area contributed by atoms with Crippen LogP contribution in [0.15, 0.2) is 65.6 Å². The molecule has 3 rings (SSSR count). The maximum Gasteiger partial charge on any atom is 0.338 e. The number of carbonyl (C=O) groups excluding carboxylic acids is 2. The van der Waals surface area contributed by atoms with E-state index in [1.54, 1.807) is 49.4 Å². The number of esters is 1. The Hall–Kier alpha value is -4.25. The summed E-state index contributed by atoms with van der Waals surface area (Å²) >= 11 is 0. The van der Waals surface area contributed by atoms with Crippen molar-refractivity contribution in [1.82, 2.24) is 0 Å². The van der Waals surface area contributed by atoms with Crippen molar-refractivity contribution in [3.8, 4) is 17.2 Å². The third-order valence-corrected chi connectivity index (χ3v) is 7.45. The highest BCUT2D eigenvalue weighted by atomic mass is 32.2. The quantitative estimate of drug-likeness (QED) is 0.361. The average Bonchev–Trinajstić information content (AvgIpc) is 2.92. The molecule has 0 aliphatic carbocycles. The molecule has 0 unspecified atom stereocenters. The van der Waals surface area contributed by atoms with Crippen LogP contribution in [0.2, 0.25) is 0 Å². The zero-order chi connectivity index (χ0) is 27.9. The van der Waals surface area contributed by atoms with Crippen LogP contribution in [0.25, 0.3) is 0 Å². The molecule has 0 bridgehead atoms. The highest BCUT2D eigenvalue weighted by Crippen LogP contribution is 2.33. The van der Waals surface area contributed by atoms with Gasteiger partial charge < -0.3 is 24.3 Å². The van der Waals surface area contributed by atoms with Gasteiger partial charge in [0.2, 0.25) is 5.91 Å². The van der Waals surface area contributed by atoms with E-state index in [0.717, 1.165) is 4.31 Å². The lowest BCUT2D eigenvalue weighted by molar-refractivity contribution is -0.114. The van der Waals surface area contributed by atoms with Gasteiger partial charge >= 0.3 is 5.97 Å². The van der Waals surface area contributed by atoms with Crippen molar-refractivity contribution in [2.24, 2.45) is 0 Å². The van der Waals surface area contributed by atoms with Gasteiger partial charge in [0, 0.05) is 11.8 Å². The lowest BCUT2D eigenvalue weighted by atomic mass is 10.1. The van der Waals surface area contributed by atoms with E-state index in [-0.39, 0.29) is 21.9 Å². The van der Waals surface area contributed by atoms with Crippen molar-refractivity contribution in [2.75, 3.05) is 44.1 Å². The molecule has 0 radical (unpaired) electrons. The third-order valence-electron chi connectivity index (χ3n) is 5.68. The molecule has 202 valence electrons. The summed E-state index contributed by atoms with van der Waals surface area (Å²) in [5.41, 5.74) is 1.38. The van der Waals surface area contributed by atoms with Gasteiger partial charge in [0.05, 0.1) is 44.1 Å². The Kier molecular flexibility index (Phi) is 9.19. The molecule has 0 heterocycles. The Labute approximate surface area is 222 Å². The van der Waals surface area contributed by atoms with E-state index in [1.807, 2.05) is 6.92 Å². The number of amides is 1. The van der Waals surface area contributed by atoms with Crippen molar-refractivity contribution in [3.05, 3.63) is 71.8 Å². The van der Waals surface area contributed by atoms with Crippen LogP contribution in [-0.4, -0.2) is 54.8 Å². The van der Waals surface area contributed by atoms with Gasteiger partial charge in [-0.15, -0.1) is 0 Å². The third kappa shape index (κ3) is 6.17. The number of benzene rings is 3. The van der Waals surface area contributed by atoms with Gasteiger partial charge in [-0.05, 0) is 67.9 Å². The Morgan fingerprint density at radius 2 is 1.61 bits per heavy atom. The first kappa shape index (κ1) is 28.3. The summed E-state index contributed by atoms with van der Waals surface area (Å²) in [6.07, 6.45) is 0. The Balaban J connectivity index is 2.00. The van der Waals surface area contributed by atoms with Crippen molar-refractivity contribution < 1.29 is 37.0 Å². The number of rotatable bonds is 11. The number of nitrogens with zero attached hydrogens (tertiary/aromatic N) is 1. The fraction of sp³-hybridized carbons (Fsp3) is 0.259. The number of carbonyl (C=O) groups is 2. The number of nitrogens with one attached hydrogen (secondary N) is 1. The molecule has 38 heavy (non-hydrogen) atoms. The van der Waals surface area contributed by atoms with Gasteiger partial charge in [-0.2, -0.15) is 0 Å². The van der Waals surface area contributed by atoms with Gasteiger partial charge in [-0.1, -0.05) is 6.07 Å². The molecule has 0 saturated carbocycles. The average molecular weight is 543 g/mol. The summed E-state index contributed by atoms with van der Waals surface area (Å²) in [6.45, 7) is 3.39. The zero-order valence-corrected chi connectivity index (χ0v) is 22.6. The summed E-state index contributed by atoms with van der Waals surface area (Å²) in [4.78, 5) is 25.1. The molecule has 0 spiro atoms. The lowest BCUT2D eigenvalue weighted by Gasteiger charge is -2.25. The SMILES string of the molecule is CCOc1ccc(N(CC(=O)Nc2cccc(C(=O)OC)c2C)S(=O)(=O)c2ccc(OC)c(OC)c2)cc1. The van der Waals surface area contributed by atoms with Gasteiger partial charge in [0.25, 0.3) is 10.0 Å². The molecule has 10 nitrogen and oxygen atoms in total. The van der Waals surface area contributed by atoms with Crippen molar-refractivity contribution in [3.63, 3.8) is 0 Å². The molecule has 0 aromatic heterocycles. The molecule has 1 N–H and O–H groups in total. The van der Waals surface area contributed by atoms with Gasteiger partial charge in [0.1, 0.15) is 12.3 Å². The van der Waals surface area contributed by atoms with Crippen LogP contribution < -0.4 is 23.8 Å². The molecule has 0 aliphatic heterocycles. The molecule has 1 amide bonds. The molecule has 0 saturated heterocycles. The van der Waals surface area contributed by atoms with Gasteiger partial charge in [-0.25, -0.2) is 13.2 Å².